The zero-order valence-corrected chi connectivity index (χ0v) is 16.9. The van der Waals surface area contributed by atoms with Gasteiger partial charge >= 0.3 is 0 Å². The summed E-state index contributed by atoms with van der Waals surface area (Å²) in [7, 11) is 0. The van der Waals surface area contributed by atoms with Gasteiger partial charge in [0.25, 0.3) is 0 Å². The average molecular weight is 362 g/mol. The van der Waals surface area contributed by atoms with Crippen molar-refractivity contribution in [3.8, 4) is 0 Å². The molecule has 7 unspecified atom stereocenters. The van der Waals surface area contributed by atoms with Gasteiger partial charge in [0.15, 0.2) is 0 Å². The van der Waals surface area contributed by atoms with Crippen LogP contribution in [0.1, 0.15) is 71.6 Å². The number of allylic oxidation sites excluding steroid dienone is 1. The van der Waals surface area contributed by atoms with E-state index in [9.17, 15) is 10.2 Å². The number of rotatable bonds is 3. The standard InChI is InChI=1S/C23H39NO2/c1-16-6-7-19-21(26)20(9-11-22(16,19)2)23(3)10-8-18(25)14-17(23)15-24-12-4-5-13-24/h17-21,25-26H,1,4-15H2,2-3H3. The normalized spacial score (nSPS) is 50.2. The van der Waals surface area contributed by atoms with E-state index in [1.54, 1.807) is 0 Å². The predicted molar refractivity (Wildman–Crippen MR) is 106 cm³/mol. The van der Waals surface area contributed by atoms with E-state index >= 15 is 0 Å². The van der Waals surface area contributed by atoms with E-state index in [2.05, 4.69) is 25.3 Å². The van der Waals surface area contributed by atoms with Gasteiger partial charge in [-0.3, -0.25) is 0 Å². The van der Waals surface area contributed by atoms with Crippen LogP contribution in [0.5, 0.6) is 0 Å². The maximum atomic E-state index is 11.5. The number of hydrogen-bond donors (Lipinski definition) is 2. The molecule has 0 aromatic rings. The van der Waals surface area contributed by atoms with Crippen LogP contribution >= 0.6 is 0 Å². The fourth-order valence-corrected chi connectivity index (χ4v) is 7.18. The van der Waals surface area contributed by atoms with Gasteiger partial charge < -0.3 is 15.1 Å². The highest BCUT2D eigenvalue weighted by molar-refractivity contribution is 5.21. The summed E-state index contributed by atoms with van der Waals surface area (Å²) in [6, 6.07) is 0. The van der Waals surface area contributed by atoms with Gasteiger partial charge in [-0.05, 0) is 99.5 Å². The SMILES string of the molecule is C=C1CCC2C(O)C(C3(C)CCC(O)CC3CN3CCCC3)CCC12C. The number of aliphatic hydroxyl groups excluding tert-OH is 2. The molecule has 1 saturated heterocycles. The highest BCUT2D eigenvalue weighted by atomic mass is 16.3. The molecule has 26 heavy (non-hydrogen) atoms. The van der Waals surface area contributed by atoms with Crippen LogP contribution in [0.25, 0.3) is 0 Å². The Morgan fingerprint density at radius 3 is 2.50 bits per heavy atom. The summed E-state index contributed by atoms with van der Waals surface area (Å²) < 4.78 is 0. The van der Waals surface area contributed by atoms with Gasteiger partial charge in [0.2, 0.25) is 0 Å². The summed E-state index contributed by atoms with van der Waals surface area (Å²) in [5.41, 5.74) is 1.69. The Morgan fingerprint density at radius 1 is 1.04 bits per heavy atom. The predicted octanol–water partition coefficient (Wildman–Crippen LogP) is 3.99. The fraction of sp³-hybridized carbons (Fsp3) is 0.913. The van der Waals surface area contributed by atoms with E-state index in [0.717, 1.165) is 45.1 Å². The Balaban J connectivity index is 1.56. The molecule has 3 saturated carbocycles. The molecule has 3 aliphatic carbocycles. The Morgan fingerprint density at radius 2 is 1.77 bits per heavy atom. The zero-order valence-electron chi connectivity index (χ0n) is 16.9. The minimum absolute atomic E-state index is 0.145. The maximum absolute atomic E-state index is 11.5. The first-order chi connectivity index (χ1) is 12.3. The summed E-state index contributed by atoms with van der Waals surface area (Å²) in [6.45, 7) is 12.7. The van der Waals surface area contributed by atoms with Gasteiger partial charge in [-0.1, -0.05) is 26.0 Å². The summed E-state index contributed by atoms with van der Waals surface area (Å²) in [5.74, 6) is 1.29. The van der Waals surface area contributed by atoms with Crippen LogP contribution < -0.4 is 0 Å². The lowest BCUT2D eigenvalue weighted by atomic mass is 9.52. The first-order valence-corrected chi connectivity index (χ1v) is 11.1. The summed E-state index contributed by atoms with van der Waals surface area (Å²) in [5, 5.41) is 21.9. The second-order valence-corrected chi connectivity index (χ2v) is 10.4. The molecule has 2 N–H and O–H groups in total. The molecule has 4 rings (SSSR count). The van der Waals surface area contributed by atoms with E-state index in [0.29, 0.717) is 17.8 Å². The lowest BCUT2D eigenvalue weighted by molar-refractivity contribution is -0.122. The molecule has 0 spiro atoms. The molecule has 4 aliphatic rings. The monoisotopic (exact) mass is 361 g/mol. The van der Waals surface area contributed by atoms with Crippen molar-refractivity contribution in [2.75, 3.05) is 19.6 Å². The Hall–Kier alpha value is -0.380. The van der Waals surface area contributed by atoms with E-state index in [4.69, 9.17) is 0 Å². The van der Waals surface area contributed by atoms with Crippen molar-refractivity contribution in [3.05, 3.63) is 12.2 Å². The molecule has 148 valence electrons. The van der Waals surface area contributed by atoms with Gasteiger partial charge in [-0.25, -0.2) is 0 Å². The number of likely N-dealkylation sites (tertiary alicyclic amines) is 1. The van der Waals surface area contributed by atoms with E-state index < -0.39 is 0 Å². The lowest BCUT2D eigenvalue weighted by Gasteiger charge is -2.55. The molecule has 0 aromatic heterocycles. The van der Waals surface area contributed by atoms with E-state index in [1.807, 2.05) is 0 Å². The van der Waals surface area contributed by atoms with E-state index in [-0.39, 0.29) is 23.0 Å². The van der Waals surface area contributed by atoms with Crippen LogP contribution in [0.2, 0.25) is 0 Å². The van der Waals surface area contributed by atoms with Crippen LogP contribution in [0.15, 0.2) is 12.2 Å². The van der Waals surface area contributed by atoms with Gasteiger partial charge in [0.05, 0.1) is 12.2 Å². The Kier molecular flexibility index (Phi) is 5.03. The second-order valence-electron chi connectivity index (χ2n) is 10.4. The maximum Gasteiger partial charge on any atom is 0.0610 e. The first kappa shape index (κ1) is 19.0. The summed E-state index contributed by atoms with van der Waals surface area (Å²) in [4.78, 5) is 2.61. The molecule has 3 nitrogen and oxygen atoms in total. The molecule has 0 aromatic carbocycles. The Labute approximate surface area is 159 Å². The van der Waals surface area contributed by atoms with Crippen LogP contribution in [0, 0.1) is 28.6 Å². The van der Waals surface area contributed by atoms with Crippen molar-refractivity contribution in [1.29, 1.82) is 0 Å². The van der Waals surface area contributed by atoms with Crippen molar-refractivity contribution >= 4 is 0 Å². The van der Waals surface area contributed by atoms with Crippen LogP contribution in [-0.2, 0) is 0 Å². The minimum Gasteiger partial charge on any atom is -0.393 e. The van der Waals surface area contributed by atoms with Crippen LogP contribution in [0.3, 0.4) is 0 Å². The summed E-state index contributed by atoms with van der Waals surface area (Å²) >= 11 is 0. The third kappa shape index (κ3) is 2.99. The molecule has 1 heterocycles. The molecule has 7 atom stereocenters. The fourth-order valence-electron chi connectivity index (χ4n) is 7.18. The van der Waals surface area contributed by atoms with E-state index in [1.165, 1.54) is 37.9 Å². The topological polar surface area (TPSA) is 43.7 Å². The van der Waals surface area contributed by atoms with Crippen molar-refractivity contribution in [2.24, 2.45) is 28.6 Å². The van der Waals surface area contributed by atoms with Crippen molar-refractivity contribution in [2.45, 2.75) is 83.8 Å². The molecular formula is C23H39NO2. The largest absolute Gasteiger partial charge is 0.393 e. The highest BCUT2D eigenvalue weighted by Crippen LogP contribution is 2.61. The molecule has 3 heteroatoms. The van der Waals surface area contributed by atoms with Crippen molar-refractivity contribution < 1.29 is 10.2 Å². The number of fused-ring (bicyclic) bond motifs is 1. The molecular weight excluding hydrogens is 322 g/mol. The average Bonchev–Trinajstić information content (AvgIpc) is 3.21. The third-order valence-corrected chi connectivity index (χ3v) is 9.21. The molecule has 0 amide bonds. The Bertz CT molecular complexity index is 542. The lowest BCUT2D eigenvalue weighted by Crippen LogP contribution is -2.54. The van der Waals surface area contributed by atoms with Crippen molar-refractivity contribution in [3.63, 3.8) is 0 Å². The molecule has 0 bridgehead atoms. The first-order valence-electron chi connectivity index (χ1n) is 11.1. The van der Waals surface area contributed by atoms with Crippen molar-refractivity contribution in [1.82, 2.24) is 4.90 Å². The minimum atomic E-state index is -0.200. The van der Waals surface area contributed by atoms with Crippen LogP contribution in [-0.4, -0.2) is 47.0 Å². The van der Waals surface area contributed by atoms with Gasteiger partial charge in [-0.2, -0.15) is 0 Å². The molecule has 0 radical (unpaired) electrons. The molecule has 1 aliphatic heterocycles. The third-order valence-electron chi connectivity index (χ3n) is 9.21. The van der Waals surface area contributed by atoms with Gasteiger partial charge in [-0.15, -0.1) is 0 Å². The number of aliphatic hydroxyl groups is 2. The van der Waals surface area contributed by atoms with Crippen LogP contribution in [0.4, 0.5) is 0 Å². The highest BCUT2D eigenvalue weighted by Gasteiger charge is 2.56. The zero-order chi connectivity index (χ0) is 18.5. The number of nitrogens with zero attached hydrogens (tertiary/aromatic N) is 1. The smallest absolute Gasteiger partial charge is 0.0610 e. The second kappa shape index (κ2) is 6.90. The number of hydrogen-bond acceptors (Lipinski definition) is 3. The summed E-state index contributed by atoms with van der Waals surface area (Å²) in [6.07, 6.45) is 9.71. The molecule has 4 fully saturated rings. The van der Waals surface area contributed by atoms with Gasteiger partial charge in [0.1, 0.15) is 0 Å². The van der Waals surface area contributed by atoms with Gasteiger partial charge in [0, 0.05) is 6.54 Å². The quantitative estimate of drug-likeness (QED) is 0.747.